The molecule has 2 rings (SSSR count). The highest BCUT2D eigenvalue weighted by atomic mass is 35.5. The maximum Gasteiger partial charge on any atom is 0.269 e. The Morgan fingerprint density at radius 1 is 1.43 bits per heavy atom. The van der Waals surface area contributed by atoms with E-state index in [0.29, 0.717) is 17.5 Å². The van der Waals surface area contributed by atoms with Gasteiger partial charge in [0.05, 0.1) is 5.69 Å². The minimum atomic E-state index is -0.546. The number of primary amides is 1. The Balaban J connectivity index is 2.27. The van der Waals surface area contributed by atoms with Crippen molar-refractivity contribution in [2.75, 3.05) is 6.54 Å². The number of aromatic nitrogens is 2. The number of amides is 1. The smallest absolute Gasteiger partial charge is 0.269 e. The van der Waals surface area contributed by atoms with Gasteiger partial charge < -0.3 is 11.1 Å². The maximum atomic E-state index is 11.2. The Kier molecular flexibility index (Phi) is 4.98. The third-order valence-electron chi connectivity index (χ3n) is 3.00. The minimum absolute atomic E-state index is 0.232. The third-order valence-corrected chi connectivity index (χ3v) is 3.24. The first-order valence-electron chi connectivity index (χ1n) is 6.82. The normalized spacial score (nSPS) is 11.0. The average molecular weight is 307 g/mol. The van der Waals surface area contributed by atoms with E-state index in [-0.39, 0.29) is 5.69 Å². The summed E-state index contributed by atoms with van der Waals surface area (Å²) in [4.78, 5) is 11.2. The number of carbonyl (C=O) groups is 1. The van der Waals surface area contributed by atoms with Crippen LogP contribution in [0.2, 0.25) is 5.02 Å². The van der Waals surface area contributed by atoms with Crippen LogP contribution in [0.5, 0.6) is 0 Å². The van der Waals surface area contributed by atoms with Crippen LogP contribution in [0.25, 0.3) is 5.69 Å². The van der Waals surface area contributed by atoms with Crippen molar-refractivity contribution in [1.82, 2.24) is 15.1 Å². The lowest BCUT2D eigenvalue weighted by Crippen LogP contribution is -2.20. The number of halogens is 1. The molecule has 2 aromatic rings. The van der Waals surface area contributed by atoms with Gasteiger partial charge in [0.25, 0.3) is 5.91 Å². The summed E-state index contributed by atoms with van der Waals surface area (Å²) in [6.07, 6.45) is 1.71. The molecule has 0 saturated carbocycles. The standard InChI is InChI=1S/C15H19ClN4O/c1-10(2)8-18-9-11-3-4-12(16)7-14(11)20-6-5-13(19-20)15(17)21/h3-7,10,18H,8-9H2,1-2H3,(H2,17,21). The van der Waals surface area contributed by atoms with Crippen LogP contribution >= 0.6 is 11.6 Å². The van der Waals surface area contributed by atoms with Gasteiger partial charge in [-0.25, -0.2) is 4.68 Å². The second-order valence-corrected chi connectivity index (χ2v) is 5.74. The van der Waals surface area contributed by atoms with E-state index in [1.807, 2.05) is 18.2 Å². The molecule has 6 heteroatoms. The minimum Gasteiger partial charge on any atom is -0.364 e. The molecule has 0 fully saturated rings. The second-order valence-electron chi connectivity index (χ2n) is 5.31. The molecule has 5 nitrogen and oxygen atoms in total. The molecule has 1 amide bonds. The first kappa shape index (κ1) is 15.5. The molecule has 0 saturated heterocycles. The molecule has 0 unspecified atom stereocenters. The van der Waals surface area contributed by atoms with Crippen molar-refractivity contribution in [3.05, 3.63) is 46.7 Å². The molecular weight excluding hydrogens is 288 g/mol. The average Bonchev–Trinajstić information content (AvgIpc) is 2.89. The van der Waals surface area contributed by atoms with Crippen molar-refractivity contribution in [3.63, 3.8) is 0 Å². The Bertz CT molecular complexity index is 636. The Labute approximate surface area is 129 Å². The number of benzene rings is 1. The molecule has 0 aliphatic rings. The van der Waals surface area contributed by atoms with Crippen molar-refractivity contribution in [3.8, 4) is 5.69 Å². The predicted molar refractivity (Wildman–Crippen MR) is 83.6 cm³/mol. The van der Waals surface area contributed by atoms with Crippen molar-refractivity contribution in [1.29, 1.82) is 0 Å². The van der Waals surface area contributed by atoms with Gasteiger partial charge in [-0.2, -0.15) is 5.10 Å². The quantitative estimate of drug-likeness (QED) is 0.860. The van der Waals surface area contributed by atoms with Crippen molar-refractivity contribution < 1.29 is 4.79 Å². The number of hydrogen-bond donors (Lipinski definition) is 2. The van der Waals surface area contributed by atoms with E-state index < -0.39 is 5.91 Å². The molecule has 1 aromatic heterocycles. The number of nitrogens with two attached hydrogens (primary N) is 1. The third kappa shape index (κ3) is 4.06. The topological polar surface area (TPSA) is 72.9 Å². The largest absolute Gasteiger partial charge is 0.364 e. The highest BCUT2D eigenvalue weighted by Crippen LogP contribution is 2.20. The van der Waals surface area contributed by atoms with Gasteiger partial charge in [0.1, 0.15) is 5.69 Å². The zero-order valence-electron chi connectivity index (χ0n) is 12.1. The first-order valence-corrected chi connectivity index (χ1v) is 7.20. The van der Waals surface area contributed by atoms with Crippen LogP contribution in [0, 0.1) is 5.92 Å². The van der Waals surface area contributed by atoms with Gasteiger partial charge in [0.15, 0.2) is 0 Å². The number of rotatable bonds is 6. The van der Waals surface area contributed by atoms with Crippen LogP contribution in [-0.4, -0.2) is 22.2 Å². The lowest BCUT2D eigenvalue weighted by atomic mass is 10.1. The lowest BCUT2D eigenvalue weighted by Gasteiger charge is -2.12. The number of hydrogen-bond acceptors (Lipinski definition) is 3. The molecule has 0 bridgehead atoms. The fraction of sp³-hybridized carbons (Fsp3) is 0.333. The molecule has 0 aliphatic heterocycles. The molecule has 21 heavy (non-hydrogen) atoms. The molecular formula is C15H19ClN4O. The summed E-state index contributed by atoms with van der Waals surface area (Å²) in [5.74, 6) is 0.0298. The maximum absolute atomic E-state index is 11.2. The molecule has 1 heterocycles. The van der Waals surface area contributed by atoms with Crippen molar-refractivity contribution >= 4 is 17.5 Å². The summed E-state index contributed by atoms with van der Waals surface area (Å²) < 4.78 is 1.62. The highest BCUT2D eigenvalue weighted by Gasteiger charge is 2.10. The van der Waals surface area contributed by atoms with E-state index >= 15 is 0 Å². The van der Waals surface area contributed by atoms with E-state index in [9.17, 15) is 4.79 Å². The van der Waals surface area contributed by atoms with E-state index in [1.54, 1.807) is 16.9 Å². The zero-order valence-corrected chi connectivity index (χ0v) is 12.9. The van der Waals surface area contributed by atoms with Crippen molar-refractivity contribution in [2.45, 2.75) is 20.4 Å². The van der Waals surface area contributed by atoms with Crippen LogP contribution in [0.4, 0.5) is 0 Å². The van der Waals surface area contributed by atoms with Crippen molar-refractivity contribution in [2.24, 2.45) is 11.7 Å². The van der Waals surface area contributed by atoms with Crippen LogP contribution in [-0.2, 0) is 6.54 Å². The molecule has 0 spiro atoms. The molecule has 0 radical (unpaired) electrons. The number of nitrogens with zero attached hydrogens (tertiary/aromatic N) is 2. The van der Waals surface area contributed by atoms with Crippen LogP contribution in [0.1, 0.15) is 29.9 Å². The van der Waals surface area contributed by atoms with E-state index in [0.717, 1.165) is 17.8 Å². The summed E-state index contributed by atoms with van der Waals surface area (Å²) in [5, 5.41) is 8.18. The molecule has 112 valence electrons. The van der Waals surface area contributed by atoms with Gasteiger partial charge in [-0.1, -0.05) is 31.5 Å². The zero-order chi connectivity index (χ0) is 15.4. The van der Waals surface area contributed by atoms with E-state index in [4.69, 9.17) is 17.3 Å². The van der Waals surface area contributed by atoms with E-state index in [1.165, 1.54) is 0 Å². The number of carbonyl (C=O) groups excluding carboxylic acids is 1. The van der Waals surface area contributed by atoms with Crippen LogP contribution < -0.4 is 11.1 Å². The predicted octanol–water partition coefficient (Wildman–Crippen LogP) is 2.37. The van der Waals surface area contributed by atoms with Gasteiger partial charge >= 0.3 is 0 Å². The van der Waals surface area contributed by atoms with Gasteiger partial charge in [-0.15, -0.1) is 0 Å². The van der Waals surface area contributed by atoms with Crippen LogP contribution in [0.15, 0.2) is 30.5 Å². The highest BCUT2D eigenvalue weighted by molar-refractivity contribution is 6.30. The first-order chi connectivity index (χ1) is 9.97. The SMILES string of the molecule is CC(C)CNCc1ccc(Cl)cc1-n1ccc(C(N)=O)n1. The molecule has 0 atom stereocenters. The Morgan fingerprint density at radius 2 is 2.19 bits per heavy atom. The summed E-state index contributed by atoms with van der Waals surface area (Å²) in [6.45, 7) is 5.94. The molecule has 3 N–H and O–H groups in total. The van der Waals surface area contributed by atoms with Gasteiger partial charge in [-0.05, 0) is 36.2 Å². The monoisotopic (exact) mass is 306 g/mol. The Morgan fingerprint density at radius 3 is 2.81 bits per heavy atom. The van der Waals surface area contributed by atoms with Gasteiger partial charge in [0.2, 0.25) is 0 Å². The van der Waals surface area contributed by atoms with Gasteiger partial charge in [0, 0.05) is 17.8 Å². The summed E-state index contributed by atoms with van der Waals surface area (Å²) in [7, 11) is 0. The number of nitrogens with one attached hydrogen (secondary N) is 1. The Hall–Kier alpha value is -1.85. The van der Waals surface area contributed by atoms with Gasteiger partial charge in [-0.3, -0.25) is 4.79 Å². The molecule has 0 aliphatic carbocycles. The summed E-state index contributed by atoms with van der Waals surface area (Å²) >= 11 is 6.07. The second kappa shape index (κ2) is 6.74. The summed E-state index contributed by atoms with van der Waals surface area (Å²) in [5.41, 5.74) is 7.36. The lowest BCUT2D eigenvalue weighted by molar-refractivity contribution is 0.0995. The fourth-order valence-corrected chi connectivity index (χ4v) is 2.15. The van der Waals surface area contributed by atoms with Crippen LogP contribution in [0.3, 0.4) is 0 Å². The summed E-state index contributed by atoms with van der Waals surface area (Å²) in [6, 6.07) is 7.22. The van der Waals surface area contributed by atoms with E-state index in [2.05, 4.69) is 24.3 Å². The fourth-order valence-electron chi connectivity index (χ4n) is 1.98. The molecule has 1 aromatic carbocycles.